The Morgan fingerprint density at radius 3 is 3.25 bits per heavy atom. The zero-order valence-corrected chi connectivity index (χ0v) is 9.59. The maximum Gasteiger partial charge on any atom is 0.136 e. The Bertz CT molecular complexity index is 502. The van der Waals surface area contributed by atoms with E-state index >= 15 is 0 Å². The molecule has 3 nitrogen and oxygen atoms in total. The van der Waals surface area contributed by atoms with Crippen molar-refractivity contribution in [3.8, 4) is 0 Å². The van der Waals surface area contributed by atoms with Gasteiger partial charge in [0.1, 0.15) is 5.78 Å². The van der Waals surface area contributed by atoms with Crippen molar-refractivity contribution >= 4 is 27.3 Å². The van der Waals surface area contributed by atoms with Gasteiger partial charge in [-0.05, 0) is 18.2 Å². The molecule has 0 saturated carbocycles. The molecule has 1 N–H and O–H groups in total. The van der Waals surface area contributed by atoms with Crippen molar-refractivity contribution in [1.82, 2.24) is 10.3 Å². The van der Waals surface area contributed by atoms with Crippen molar-refractivity contribution in [2.24, 2.45) is 0 Å². The summed E-state index contributed by atoms with van der Waals surface area (Å²) in [6.07, 6.45) is 3.09. The molecule has 3 heterocycles. The van der Waals surface area contributed by atoms with Crippen LogP contribution in [-0.4, -0.2) is 17.3 Å². The molecule has 0 aliphatic carbocycles. The van der Waals surface area contributed by atoms with Gasteiger partial charge in [0.05, 0.1) is 10.2 Å². The first-order chi connectivity index (χ1) is 7.83. The lowest BCUT2D eigenvalue weighted by molar-refractivity contribution is -0.120. The maximum absolute atomic E-state index is 11.4. The van der Waals surface area contributed by atoms with Crippen LogP contribution in [0.15, 0.2) is 24.4 Å². The topological polar surface area (TPSA) is 42.0 Å². The van der Waals surface area contributed by atoms with Gasteiger partial charge in [0.15, 0.2) is 0 Å². The molecular formula is C12H12N2OS. The Morgan fingerprint density at radius 1 is 1.50 bits per heavy atom. The van der Waals surface area contributed by atoms with Gasteiger partial charge in [0.2, 0.25) is 0 Å². The Kier molecular flexibility index (Phi) is 2.46. The fourth-order valence-electron chi connectivity index (χ4n) is 2.05. The molecule has 1 atom stereocenters. The van der Waals surface area contributed by atoms with Crippen LogP contribution >= 0.6 is 11.3 Å². The third kappa shape index (κ3) is 1.74. The largest absolute Gasteiger partial charge is 0.308 e. The second-order valence-corrected chi connectivity index (χ2v) is 5.15. The zero-order valence-electron chi connectivity index (χ0n) is 8.77. The second kappa shape index (κ2) is 3.96. The maximum atomic E-state index is 11.4. The lowest BCUT2D eigenvalue weighted by Crippen LogP contribution is -2.31. The molecule has 1 aliphatic heterocycles. The van der Waals surface area contributed by atoms with Gasteiger partial charge >= 0.3 is 0 Å². The van der Waals surface area contributed by atoms with Crippen LogP contribution in [0.25, 0.3) is 10.2 Å². The normalized spacial score (nSPS) is 21.5. The van der Waals surface area contributed by atoms with E-state index in [1.165, 1.54) is 9.58 Å². The number of aromatic nitrogens is 1. The van der Waals surface area contributed by atoms with Crippen LogP contribution in [0.2, 0.25) is 0 Å². The molecule has 1 aliphatic rings. The van der Waals surface area contributed by atoms with Gasteiger partial charge in [-0.2, -0.15) is 0 Å². The van der Waals surface area contributed by atoms with Gasteiger partial charge in [0, 0.05) is 36.5 Å². The standard InChI is InChI=1S/C12H12N2OS/c15-8-3-5-14-9(6-8)12-7-10-11(16-12)2-1-4-13-10/h1-2,4,7,9,14H,3,5-6H2. The highest BCUT2D eigenvalue weighted by molar-refractivity contribution is 7.19. The smallest absolute Gasteiger partial charge is 0.136 e. The van der Waals surface area contributed by atoms with Crippen LogP contribution in [0, 0.1) is 0 Å². The molecule has 82 valence electrons. The fourth-order valence-corrected chi connectivity index (χ4v) is 3.15. The van der Waals surface area contributed by atoms with Crippen LogP contribution in [0.5, 0.6) is 0 Å². The van der Waals surface area contributed by atoms with Crippen molar-refractivity contribution in [3.05, 3.63) is 29.3 Å². The molecule has 0 spiro atoms. The average molecular weight is 232 g/mol. The van der Waals surface area contributed by atoms with E-state index in [-0.39, 0.29) is 6.04 Å². The Labute approximate surface area is 97.5 Å². The number of fused-ring (bicyclic) bond motifs is 1. The molecule has 4 heteroatoms. The van der Waals surface area contributed by atoms with Gasteiger partial charge in [-0.1, -0.05) is 0 Å². The molecule has 0 aromatic carbocycles. The van der Waals surface area contributed by atoms with Crippen LogP contribution in [0.3, 0.4) is 0 Å². The van der Waals surface area contributed by atoms with Crippen LogP contribution in [-0.2, 0) is 4.79 Å². The summed E-state index contributed by atoms with van der Waals surface area (Å²) in [5.41, 5.74) is 1.03. The molecule has 16 heavy (non-hydrogen) atoms. The van der Waals surface area contributed by atoms with E-state index in [0.717, 1.165) is 12.1 Å². The summed E-state index contributed by atoms with van der Waals surface area (Å²) in [6, 6.07) is 6.31. The first kappa shape index (κ1) is 9.93. The molecule has 0 amide bonds. The minimum atomic E-state index is 0.195. The van der Waals surface area contributed by atoms with Crippen LogP contribution < -0.4 is 5.32 Å². The third-order valence-electron chi connectivity index (χ3n) is 2.88. The number of thiophene rings is 1. The Balaban J connectivity index is 1.96. The van der Waals surface area contributed by atoms with Crippen molar-refractivity contribution in [2.45, 2.75) is 18.9 Å². The zero-order chi connectivity index (χ0) is 11.0. The van der Waals surface area contributed by atoms with Crippen molar-refractivity contribution in [1.29, 1.82) is 0 Å². The average Bonchev–Trinajstić information content (AvgIpc) is 2.72. The number of rotatable bonds is 1. The SMILES string of the molecule is O=C1CCNC(c2cc3ncccc3s2)C1. The van der Waals surface area contributed by atoms with Crippen LogP contribution in [0.1, 0.15) is 23.8 Å². The summed E-state index contributed by atoms with van der Waals surface area (Å²) in [5, 5.41) is 3.39. The number of ketones is 1. The highest BCUT2D eigenvalue weighted by Crippen LogP contribution is 2.31. The van der Waals surface area contributed by atoms with Gasteiger partial charge < -0.3 is 5.32 Å². The number of Topliss-reactive ketones (excluding diaryl/α,β-unsaturated/α-hetero) is 1. The summed E-state index contributed by atoms with van der Waals surface area (Å²) in [4.78, 5) is 16.9. The van der Waals surface area contributed by atoms with E-state index < -0.39 is 0 Å². The van der Waals surface area contributed by atoms with Gasteiger partial charge in [-0.25, -0.2) is 0 Å². The number of carbonyl (C=O) groups is 1. The minimum absolute atomic E-state index is 0.195. The van der Waals surface area contributed by atoms with Crippen molar-refractivity contribution in [3.63, 3.8) is 0 Å². The second-order valence-electron chi connectivity index (χ2n) is 4.04. The van der Waals surface area contributed by atoms with Crippen molar-refractivity contribution < 1.29 is 4.79 Å². The van der Waals surface area contributed by atoms with E-state index in [4.69, 9.17) is 0 Å². The summed E-state index contributed by atoms with van der Waals surface area (Å²) < 4.78 is 1.19. The molecular weight excluding hydrogens is 220 g/mol. The minimum Gasteiger partial charge on any atom is -0.308 e. The number of carbonyl (C=O) groups excluding carboxylic acids is 1. The molecule has 1 fully saturated rings. The molecule has 0 bridgehead atoms. The fraction of sp³-hybridized carbons (Fsp3) is 0.333. The molecule has 1 unspecified atom stereocenters. The molecule has 3 rings (SSSR count). The first-order valence-electron chi connectivity index (χ1n) is 5.42. The lowest BCUT2D eigenvalue weighted by atomic mass is 10.0. The molecule has 2 aromatic heterocycles. The number of nitrogens with zero attached hydrogens (tertiary/aromatic N) is 1. The Hall–Kier alpha value is -1.26. The molecule has 1 saturated heterocycles. The number of hydrogen-bond acceptors (Lipinski definition) is 4. The lowest BCUT2D eigenvalue weighted by Gasteiger charge is -2.21. The van der Waals surface area contributed by atoms with Gasteiger partial charge in [0.25, 0.3) is 0 Å². The van der Waals surface area contributed by atoms with Crippen molar-refractivity contribution in [2.75, 3.05) is 6.54 Å². The molecule has 2 aromatic rings. The van der Waals surface area contributed by atoms with Crippen LogP contribution in [0.4, 0.5) is 0 Å². The number of pyridine rings is 1. The van der Waals surface area contributed by atoms with Gasteiger partial charge in [-0.3, -0.25) is 9.78 Å². The summed E-state index contributed by atoms with van der Waals surface area (Å²) >= 11 is 1.73. The first-order valence-corrected chi connectivity index (χ1v) is 6.24. The highest BCUT2D eigenvalue weighted by atomic mass is 32.1. The van der Waals surface area contributed by atoms with E-state index in [9.17, 15) is 4.79 Å². The third-order valence-corrected chi connectivity index (χ3v) is 4.08. The number of piperidine rings is 1. The van der Waals surface area contributed by atoms with E-state index in [1.807, 2.05) is 6.07 Å². The monoisotopic (exact) mass is 232 g/mol. The number of nitrogens with one attached hydrogen (secondary N) is 1. The quantitative estimate of drug-likeness (QED) is 0.820. The summed E-state index contributed by atoms with van der Waals surface area (Å²) in [6.45, 7) is 0.797. The summed E-state index contributed by atoms with van der Waals surface area (Å²) in [5.74, 6) is 0.356. The van der Waals surface area contributed by atoms with E-state index in [1.54, 1.807) is 17.5 Å². The predicted octanol–water partition coefficient (Wildman–Crippen LogP) is 2.29. The van der Waals surface area contributed by atoms with Gasteiger partial charge in [-0.15, -0.1) is 11.3 Å². The Morgan fingerprint density at radius 2 is 2.44 bits per heavy atom. The number of hydrogen-bond donors (Lipinski definition) is 1. The highest BCUT2D eigenvalue weighted by Gasteiger charge is 2.21. The van der Waals surface area contributed by atoms with E-state index in [0.29, 0.717) is 18.6 Å². The molecule has 0 radical (unpaired) electrons. The summed E-state index contributed by atoms with van der Waals surface area (Å²) in [7, 11) is 0. The predicted molar refractivity (Wildman–Crippen MR) is 64.6 cm³/mol. The van der Waals surface area contributed by atoms with E-state index in [2.05, 4.69) is 22.4 Å².